The monoisotopic (exact) mass is 366 g/mol. The molecule has 0 N–H and O–H groups in total. The first kappa shape index (κ1) is 23.2. The maximum Gasteiger partial charge on any atom is 0.335 e. The Bertz CT molecular complexity index is 372. The van der Waals surface area contributed by atoms with Gasteiger partial charge in [0.2, 0.25) is 6.29 Å². The van der Waals surface area contributed by atoms with E-state index in [9.17, 15) is 4.79 Å². The van der Waals surface area contributed by atoms with Gasteiger partial charge in [-0.25, -0.2) is 4.79 Å². The van der Waals surface area contributed by atoms with Crippen molar-refractivity contribution in [2.24, 2.45) is 5.92 Å². The van der Waals surface area contributed by atoms with Crippen LogP contribution in [-0.4, -0.2) is 18.9 Å². The molecule has 0 heterocycles. The lowest BCUT2D eigenvalue weighted by atomic mass is 9.89. The summed E-state index contributed by atoms with van der Waals surface area (Å²) in [6.07, 6.45) is 18.7. The smallest absolute Gasteiger partial charge is 0.335 e. The van der Waals surface area contributed by atoms with Gasteiger partial charge in [0.15, 0.2) is 0 Å². The molecule has 0 spiro atoms. The number of rotatable bonds is 15. The summed E-state index contributed by atoms with van der Waals surface area (Å²) in [5.74, 6) is 0.0406. The third-order valence-corrected chi connectivity index (χ3v) is 5.39. The zero-order valence-electron chi connectivity index (χ0n) is 17.4. The first-order chi connectivity index (χ1) is 12.6. The predicted molar refractivity (Wildman–Crippen MR) is 109 cm³/mol. The van der Waals surface area contributed by atoms with Gasteiger partial charge in [0, 0.05) is 11.5 Å². The van der Waals surface area contributed by atoms with E-state index in [4.69, 9.17) is 9.47 Å². The fourth-order valence-electron chi connectivity index (χ4n) is 3.67. The van der Waals surface area contributed by atoms with Gasteiger partial charge in [0.25, 0.3) is 0 Å². The van der Waals surface area contributed by atoms with Crippen molar-refractivity contribution in [2.75, 3.05) is 6.61 Å². The number of hydrogen-bond acceptors (Lipinski definition) is 3. The number of hydrogen-bond donors (Lipinski definition) is 0. The quantitative estimate of drug-likeness (QED) is 0.136. The van der Waals surface area contributed by atoms with Crippen LogP contribution in [0.4, 0.5) is 0 Å². The van der Waals surface area contributed by atoms with E-state index in [1.807, 2.05) is 0 Å². The van der Waals surface area contributed by atoms with Crippen molar-refractivity contribution in [2.45, 2.75) is 116 Å². The van der Waals surface area contributed by atoms with E-state index in [1.54, 1.807) is 6.92 Å². The average Bonchev–Trinajstić information content (AvgIpc) is 2.65. The maximum absolute atomic E-state index is 11.9. The summed E-state index contributed by atoms with van der Waals surface area (Å²) in [5, 5.41) is 0. The highest BCUT2D eigenvalue weighted by atomic mass is 16.7. The van der Waals surface area contributed by atoms with Crippen molar-refractivity contribution in [1.29, 1.82) is 0 Å². The topological polar surface area (TPSA) is 35.5 Å². The van der Waals surface area contributed by atoms with Gasteiger partial charge in [-0.2, -0.15) is 0 Å². The van der Waals surface area contributed by atoms with Gasteiger partial charge in [0.05, 0.1) is 6.61 Å². The Morgan fingerprint density at radius 1 is 0.923 bits per heavy atom. The molecule has 0 aliphatic heterocycles. The Labute approximate surface area is 161 Å². The highest BCUT2D eigenvalue weighted by Gasteiger charge is 2.27. The molecule has 1 unspecified atom stereocenters. The van der Waals surface area contributed by atoms with E-state index < -0.39 is 0 Å². The molecule has 26 heavy (non-hydrogen) atoms. The minimum Gasteiger partial charge on any atom is -0.432 e. The minimum absolute atomic E-state index is 0.316. The van der Waals surface area contributed by atoms with Crippen LogP contribution in [0.25, 0.3) is 0 Å². The Morgan fingerprint density at radius 2 is 1.46 bits per heavy atom. The van der Waals surface area contributed by atoms with Crippen LogP contribution in [0, 0.1) is 5.92 Å². The normalized spacial score (nSPS) is 16.4. The van der Waals surface area contributed by atoms with Gasteiger partial charge in [0.1, 0.15) is 0 Å². The molecule has 1 aliphatic rings. The number of carbonyl (C=O) groups excluding carboxylic acids is 1. The van der Waals surface area contributed by atoms with Crippen molar-refractivity contribution in [3.63, 3.8) is 0 Å². The van der Waals surface area contributed by atoms with E-state index in [-0.39, 0.29) is 12.3 Å². The third-order valence-electron chi connectivity index (χ3n) is 5.39. The summed E-state index contributed by atoms with van der Waals surface area (Å²) in [5.41, 5.74) is 0.452. The molecule has 0 aromatic rings. The molecule has 0 bridgehead atoms. The molecule has 152 valence electrons. The van der Waals surface area contributed by atoms with Crippen molar-refractivity contribution in [3.05, 3.63) is 12.2 Å². The lowest BCUT2D eigenvalue weighted by Gasteiger charge is -2.29. The molecule has 0 aromatic heterocycles. The fraction of sp³-hybridized carbons (Fsp3) is 0.870. The molecular weight excluding hydrogens is 324 g/mol. The number of ether oxygens (including phenoxy) is 2. The summed E-state index contributed by atoms with van der Waals surface area (Å²) in [7, 11) is 0. The summed E-state index contributed by atoms with van der Waals surface area (Å²) in [4.78, 5) is 11.9. The Balaban J connectivity index is 2.13. The van der Waals surface area contributed by atoms with Gasteiger partial charge in [-0.3, -0.25) is 0 Å². The average molecular weight is 367 g/mol. The highest BCUT2D eigenvalue weighted by molar-refractivity contribution is 5.87. The van der Waals surface area contributed by atoms with Crippen molar-refractivity contribution >= 4 is 5.97 Å². The van der Waals surface area contributed by atoms with Gasteiger partial charge < -0.3 is 9.47 Å². The second kappa shape index (κ2) is 15.2. The van der Waals surface area contributed by atoms with E-state index >= 15 is 0 Å². The van der Waals surface area contributed by atoms with Gasteiger partial charge in [-0.1, -0.05) is 90.6 Å². The molecule has 1 saturated carbocycles. The largest absolute Gasteiger partial charge is 0.432 e. The first-order valence-electron chi connectivity index (χ1n) is 11.1. The van der Waals surface area contributed by atoms with E-state index in [0.29, 0.717) is 18.1 Å². The van der Waals surface area contributed by atoms with Crippen LogP contribution >= 0.6 is 0 Å². The minimum atomic E-state index is -0.377. The summed E-state index contributed by atoms with van der Waals surface area (Å²) < 4.78 is 11.6. The molecule has 1 rings (SSSR count). The van der Waals surface area contributed by atoms with Crippen molar-refractivity contribution in [1.82, 2.24) is 0 Å². The molecule has 1 atom stereocenters. The van der Waals surface area contributed by atoms with Gasteiger partial charge in [-0.15, -0.1) is 0 Å². The zero-order chi connectivity index (χ0) is 19.0. The summed E-state index contributed by atoms with van der Waals surface area (Å²) in [6.45, 7) is 8.34. The van der Waals surface area contributed by atoms with E-state index in [0.717, 1.165) is 19.3 Å². The molecule has 1 fully saturated rings. The standard InChI is InChI=1S/C23H42O3/c1-4-5-6-7-8-9-10-11-12-16-19-25-23(26-22(24)20(2)3)21-17-14-13-15-18-21/h21,23H,2,4-19H2,1,3H3. The molecule has 0 aromatic carbocycles. The summed E-state index contributed by atoms with van der Waals surface area (Å²) in [6, 6.07) is 0. The second-order valence-electron chi connectivity index (χ2n) is 8.00. The predicted octanol–water partition coefficient (Wildman–Crippen LogP) is 6.95. The second-order valence-corrected chi connectivity index (χ2v) is 8.00. The number of esters is 1. The van der Waals surface area contributed by atoms with Crippen LogP contribution in [-0.2, 0) is 14.3 Å². The molecule has 1 aliphatic carbocycles. The van der Waals surface area contributed by atoms with Crippen LogP contribution in [0.5, 0.6) is 0 Å². The van der Waals surface area contributed by atoms with Gasteiger partial charge >= 0.3 is 5.97 Å². The summed E-state index contributed by atoms with van der Waals surface area (Å²) >= 11 is 0. The zero-order valence-corrected chi connectivity index (χ0v) is 17.4. The Morgan fingerprint density at radius 3 is 2.00 bits per heavy atom. The first-order valence-corrected chi connectivity index (χ1v) is 11.1. The van der Waals surface area contributed by atoms with E-state index in [2.05, 4.69) is 13.5 Å². The highest BCUT2D eigenvalue weighted by Crippen LogP contribution is 2.29. The lowest BCUT2D eigenvalue weighted by Crippen LogP contribution is -2.31. The Kier molecular flexibility index (Phi) is 13.6. The molecule has 3 nitrogen and oxygen atoms in total. The molecular formula is C23H42O3. The number of unbranched alkanes of at least 4 members (excludes halogenated alkanes) is 9. The molecule has 0 amide bonds. The number of carbonyl (C=O) groups is 1. The fourth-order valence-corrected chi connectivity index (χ4v) is 3.67. The van der Waals surface area contributed by atoms with Crippen LogP contribution in [0.2, 0.25) is 0 Å². The van der Waals surface area contributed by atoms with Crippen LogP contribution < -0.4 is 0 Å². The van der Waals surface area contributed by atoms with Crippen LogP contribution in [0.15, 0.2) is 12.2 Å². The lowest BCUT2D eigenvalue weighted by molar-refractivity contribution is -0.190. The molecule has 3 heteroatoms. The molecule has 0 saturated heterocycles. The van der Waals surface area contributed by atoms with Gasteiger partial charge in [-0.05, 0) is 26.2 Å². The Hall–Kier alpha value is -0.830. The van der Waals surface area contributed by atoms with Crippen molar-refractivity contribution in [3.8, 4) is 0 Å². The molecule has 0 radical (unpaired) electrons. The SMILES string of the molecule is C=C(C)C(=O)OC(OCCCCCCCCCCCC)C1CCCCC1. The third kappa shape index (κ3) is 11.0. The van der Waals surface area contributed by atoms with Crippen molar-refractivity contribution < 1.29 is 14.3 Å². The maximum atomic E-state index is 11.9. The van der Waals surface area contributed by atoms with Crippen LogP contribution in [0.1, 0.15) is 110 Å². The van der Waals surface area contributed by atoms with Crippen LogP contribution in [0.3, 0.4) is 0 Å². The van der Waals surface area contributed by atoms with E-state index in [1.165, 1.54) is 77.0 Å².